The molecule has 2 aliphatic rings. The Balaban J connectivity index is 1.39. The second-order valence-electron chi connectivity index (χ2n) is 7.17. The maximum atomic E-state index is 12.9. The number of benzene rings is 1. The summed E-state index contributed by atoms with van der Waals surface area (Å²) in [5, 5.41) is 4.18. The average molecular weight is 340 g/mol. The summed E-state index contributed by atoms with van der Waals surface area (Å²) in [6.07, 6.45) is 6.78. The molecule has 1 amide bonds. The van der Waals surface area contributed by atoms with Crippen molar-refractivity contribution in [1.82, 2.24) is 19.7 Å². The largest absolute Gasteiger partial charge is 0.480 e. The van der Waals surface area contributed by atoms with Crippen LogP contribution in [0, 0.1) is 12.8 Å². The number of aryl methyl sites for hydroxylation is 2. The number of hydrogen-bond donors (Lipinski definition) is 0. The van der Waals surface area contributed by atoms with Crippen LogP contribution in [0.2, 0.25) is 0 Å². The fraction of sp³-hybridized carbons (Fsp3) is 0.526. The van der Waals surface area contributed by atoms with E-state index in [1.165, 1.54) is 11.1 Å². The first kappa shape index (κ1) is 16.1. The molecule has 6 heteroatoms. The molecule has 2 aliphatic heterocycles. The summed E-state index contributed by atoms with van der Waals surface area (Å²) in [4.78, 5) is 18.9. The third-order valence-electron chi connectivity index (χ3n) is 5.18. The fourth-order valence-electron chi connectivity index (χ4n) is 3.90. The number of rotatable bonds is 3. The van der Waals surface area contributed by atoms with Gasteiger partial charge in [0.15, 0.2) is 6.10 Å². The lowest BCUT2D eigenvalue weighted by Gasteiger charge is -2.36. The minimum Gasteiger partial charge on any atom is -0.480 e. The Morgan fingerprint density at radius 1 is 1.36 bits per heavy atom. The summed E-state index contributed by atoms with van der Waals surface area (Å²) >= 11 is 0. The normalized spacial score (nSPS) is 23.0. The molecule has 3 heterocycles. The molecule has 0 N–H and O–H groups in total. The van der Waals surface area contributed by atoms with Crippen LogP contribution in [0.25, 0.3) is 0 Å². The monoisotopic (exact) mass is 340 g/mol. The van der Waals surface area contributed by atoms with Gasteiger partial charge < -0.3 is 9.64 Å². The van der Waals surface area contributed by atoms with Crippen LogP contribution in [-0.4, -0.2) is 44.8 Å². The van der Waals surface area contributed by atoms with Crippen LogP contribution >= 0.6 is 0 Å². The summed E-state index contributed by atoms with van der Waals surface area (Å²) < 4.78 is 7.88. The highest BCUT2D eigenvalue weighted by atomic mass is 16.5. The van der Waals surface area contributed by atoms with Gasteiger partial charge in [0, 0.05) is 19.6 Å². The zero-order valence-corrected chi connectivity index (χ0v) is 14.6. The number of ether oxygens (including phenoxy) is 1. The molecule has 0 bridgehead atoms. The van der Waals surface area contributed by atoms with E-state index in [9.17, 15) is 4.79 Å². The first-order valence-electron chi connectivity index (χ1n) is 9.06. The Kier molecular flexibility index (Phi) is 4.42. The maximum Gasteiger partial charge on any atom is 0.263 e. The van der Waals surface area contributed by atoms with E-state index in [2.05, 4.69) is 23.1 Å². The molecule has 1 aromatic heterocycles. The second kappa shape index (κ2) is 6.86. The lowest BCUT2D eigenvalue weighted by molar-refractivity contribution is -0.141. The van der Waals surface area contributed by atoms with Gasteiger partial charge >= 0.3 is 0 Å². The third-order valence-corrected chi connectivity index (χ3v) is 5.18. The third kappa shape index (κ3) is 3.52. The van der Waals surface area contributed by atoms with Crippen LogP contribution in [0.3, 0.4) is 0 Å². The molecule has 4 rings (SSSR count). The van der Waals surface area contributed by atoms with Crippen LogP contribution in [0.1, 0.15) is 30.4 Å². The van der Waals surface area contributed by atoms with Crippen LogP contribution in [0.15, 0.2) is 30.9 Å². The number of aromatic nitrogens is 3. The molecule has 1 saturated heterocycles. The minimum absolute atomic E-state index is 0.134. The molecule has 0 spiro atoms. The Bertz CT molecular complexity index is 744. The van der Waals surface area contributed by atoms with Crippen LogP contribution in [0.5, 0.6) is 5.75 Å². The summed E-state index contributed by atoms with van der Waals surface area (Å²) in [5.41, 5.74) is 2.45. The van der Waals surface area contributed by atoms with E-state index in [-0.39, 0.29) is 12.0 Å². The highest BCUT2D eigenvalue weighted by Gasteiger charge is 2.32. The molecule has 132 valence electrons. The van der Waals surface area contributed by atoms with Gasteiger partial charge in [0.2, 0.25) is 0 Å². The summed E-state index contributed by atoms with van der Waals surface area (Å²) in [6, 6.07) is 6.19. The quantitative estimate of drug-likeness (QED) is 0.860. The van der Waals surface area contributed by atoms with Gasteiger partial charge in [-0.3, -0.25) is 9.48 Å². The summed E-state index contributed by atoms with van der Waals surface area (Å²) in [7, 11) is 0. The van der Waals surface area contributed by atoms with E-state index in [1.807, 2.05) is 21.7 Å². The van der Waals surface area contributed by atoms with Gasteiger partial charge in [-0.25, -0.2) is 4.98 Å². The van der Waals surface area contributed by atoms with Gasteiger partial charge in [-0.15, -0.1) is 0 Å². The first-order valence-corrected chi connectivity index (χ1v) is 9.06. The zero-order chi connectivity index (χ0) is 17.2. The predicted octanol–water partition coefficient (Wildman–Crippen LogP) is 2.22. The molecule has 1 fully saturated rings. The Morgan fingerprint density at radius 2 is 2.28 bits per heavy atom. The van der Waals surface area contributed by atoms with Crippen LogP contribution < -0.4 is 4.74 Å². The molecule has 0 radical (unpaired) electrons. The lowest BCUT2D eigenvalue weighted by atomic mass is 9.96. The van der Waals surface area contributed by atoms with Crippen molar-refractivity contribution in [3.05, 3.63) is 42.0 Å². The van der Waals surface area contributed by atoms with Crippen molar-refractivity contribution in [3.8, 4) is 5.75 Å². The molecule has 0 saturated carbocycles. The maximum absolute atomic E-state index is 12.9. The van der Waals surface area contributed by atoms with Crippen molar-refractivity contribution in [3.63, 3.8) is 0 Å². The van der Waals surface area contributed by atoms with E-state index >= 15 is 0 Å². The van der Waals surface area contributed by atoms with E-state index in [1.54, 1.807) is 12.7 Å². The van der Waals surface area contributed by atoms with Gasteiger partial charge in [0.25, 0.3) is 5.91 Å². The molecule has 25 heavy (non-hydrogen) atoms. The molecule has 0 aliphatic carbocycles. The van der Waals surface area contributed by atoms with Crippen molar-refractivity contribution >= 4 is 5.91 Å². The van der Waals surface area contributed by atoms with Gasteiger partial charge in [0.05, 0.1) is 0 Å². The Labute approximate surface area is 147 Å². The SMILES string of the molecule is Cc1ccc2c(c1)CC[C@H](C(=O)N1CCC[C@H](Cn3cncn3)C1)O2. The summed E-state index contributed by atoms with van der Waals surface area (Å²) in [6.45, 7) is 4.50. The minimum atomic E-state index is -0.347. The molecular weight excluding hydrogens is 316 g/mol. The van der Waals surface area contributed by atoms with Crippen LogP contribution in [-0.2, 0) is 17.8 Å². The Hall–Kier alpha value is -2.37. The van der Waals surface area contributed by atoms with Crippen molar-refractivity contribution < 1.29 is 9.53 Å². The van der Waals surface area contributed by atoms with Gasteiger partial charge in [-0.05, 0) is 50.2 Å². The number of amides is 1. The zero-order valence-electron chi connectivity index (χ0n) is 14.6. The average Bonchev–Trinajstić information content (AvgIpc) is 3.14. The lowest BCUT2D eigenvalue weighted by Crippen LogP contribution is -2.48. The first-order chi connectivity index (χ1) is 12.2. The Morgan fingerprint density at radius 3 is 3.12 bits per heavy atom. The van der Waals surface area contributed by atoms with E-state index in [0.29, 0.717) is 5.92 Å². The van der Waals surface area contributed by atoms with Gasteiger partial charge in [-0.2, -0.15) is 5.10 Å². The highest BCUT2D eigenvalue weighted by Crippen LogP contribution is 2.30. The second-order valence-corrected chi connectivity index (χ2v) is 7.17. The van der Waals surface area contributed by atoms with Crippen molar-refractivity contribution in [1.29, 1.82) is 0 Å². The number of nitrogens with zero attached hydrogens (tertiary/aromatic N) is 4. The van der Waals surface area contributed by atoms with Crippen molar-refractivity contribution in [2.24, 2.45) is 5.92 Å². The van der Waals surface area contributed by atoms with E-state index in [0.717, 1.165) is 51.1 Å². The number of likely N-dealkylation sites (tertiary alicyclic amines) is 1. The van der Waals surface area contributed by atoms with Crippen molar-refractivity contribution in [2.75, 3.05) is 13.1 Å². The summed E-state index contributed by atoms with van der Waals surface area (Å²) in [5.74, 6) is 1.43. The van der Waals surface area contributed by atoms with Gasteiger partial charge in [0.1, 0.15) is 18.4 Å². The number of fused-ring (bicyclic) bond motifs is 1. The molecular formula is C19H24N4O2. The van der Waals surface area contributed by atoms with Crippen LogP contribution in [0.4, 0.5) is 0 Å². The topological polar surface area (TPSA) is 60.2 Å². The number of piperidine rings is 1. The molecule has 2 atom stereocenters. The predicted molar refractivity (Wildman–Crippen MR) is 93.2 cm³/mol. The van der Waals surface area contributed by atoms with Crippen molar-refractivity contribution in [2.45, 2.75) is 45.3 Å². The van der Waals surface area contributed by atoms with Gasteiger partial charge in [-0.1, -0.05) is 17.7 Å². The van der Waals surface area contributed by atoms with E-state index < -0.39 is 0 Å². The highest BCUT2D eigenvalue weighted by molar-refractivity contribution is 5.81. The standard InChI is InChI=1S/C19H24N4O2/c1-14-4-6-17-16(9-14)5-7-18(25-17)19(24)22-8-2-3-15(10-22)11-23-13-20-12-21-23/h4,6,9,12-13,15,18H,2-3,5,7-8,10-11H2,1H3/t15-,18+/m0/s1. The number of carbonyl (C=O) groups excluding carboxylic acids is 1. The number of hydrogen-bond acceptors (Lipinski definition) is 4. The molecule has 2 aromatic rings. The molecule has 0 unspecified atom stereocenters. The van der Waals surface area contributed by atoms with E-state index in [4.69, 9.17) is 4.74 Å². The molecule has 1 aromatic carbocycles. The fourth-order valence-corrected chi connectivity index (χ4v) is 3.90. The number of carbonyl (C=O) groups is 1. The smallest absolute Gasteiger partial charge is 0.263 e. The molecule has 6 nitrogen and oxygen atoms in total.